The first-order valence-electron chi connectivity index (χ1n) is 11.3. The summed E-state index contributed by atoms with van der Waals surface area (Å²) in [7, 11) is 0. The first kappa shape index (κ1) is 26.3. The number of ether oxygens (including phenoxy) is 3. The molecule has 0 amide bonds. The Balaban J connectivity index is 1.86. The number of para-hydroxylation sites is 1. The van der Waals surface area contributed by atoms with E-state index in [4.69, 9.17) is 25.8 Å². The third-order valence-electron chi connectivity index (χ3n) is 4.71. The van der Waals surface area contributed by atoms with E-state index < -0.39 is 0 Å². The van der Waals surface area contributed by atoms with Crippen molar-refractivity contribution in [3.63, 3.8) is 0 Å². The Labute approximate surface area is 186 Å². The monoisotopic (exact) mass is 440 g/mol. The standard InChI is InChI=1S/C24H37ClO5/c1-2-3-4-13-18-29-23(26)16-9-7-5-6-8-10-17-24(27)30-20-19-28-22-15-12-11-14-21(22)25/h11-12,14-15H,2-10,13,16-20H2,1H3. The number of carbonyl (C=O) groups excluding carboxylic acids is 2. The number of hydrogen-bond donors (Lipinski definition) is 0. The van der Waals surface area contributed by atoms with Crippen molar-refractivity contribution >= 4 is 23.5 Å². The highest BCUT2D eigenvalue weighted by atomic mass is 35.5. The molecule has 0 aliphatic carbocycles. The molecule has 0 unspecified atom stereocenters. The lowest BCUT2D eigenvalue weighted by Crippen LogP contribution is -2.12. The molecule has 0 fully saturated rings. The molecule has 0 aliphatic rings. The summed E-state index contributed by atoms with van der Waals surface area (Å²) in [4.78, 5) is 23.3. The summed E-state index contributed by atoms with van der Waals surface area (Å²) >= 11 is 5.99. The highest BCUT2D eigenvalue weighted by Crippen LogP contribution is 2.22. The van der Waals surface area contributed by atoms with Gasteiger partial charge in [0, 0.05) is 12.8 Å². The molecule has 0 bridgehead atoms. The van der Waals surface area contributed by atoms with Crippen molar-refractivity contribution in [3.8, 4) is 5.75 Å². The summed E-state index contributed by atoms with van der Waals surface area (Å²) in [6.07, 6.45) is 11.3. The van der Waals surface area contributed by atoms with Crippen LogP contribution in [0.4, 0.5) is 0 Å². The molecule has 0 radical (unpaired) electrons. The van der Waals surface area contributed by atoms with Gasteiger partial charge in [-0.3, -0.25) is 9.59 Å². The molecule has 0 saturated carbocycles. The van der Waals surface area contributed by atoms with Gasteiger partial charge in [-0.15, -0.1) is 0 Å². The molecule has 0 saturated heterocycles. The zero-order valence-corrected chi connectivity index (χ0v) is 19.1. The Hall–Kier alpha value is -1.75. The SMILES string of the molecule is CCCCCCOC(=O)CCCCCCCCC(=O)OCCOc1ccccc1Cl. The number of carbonyl (C=O) groups is 2. The van der Waals surface area contributed by atoms with Gasteiger partial charge in [-0.1, -0.05) is 75.6 Å². The largest absolute Gasteiger partial charge is 0.488 e. The average Bonchev–Trinajstić information content (AvgIpc) is 2.74. The van der Waals surface area contributed by atoms with Gasteiger partial charge in [0.25, 0.3) is 0 Å². The molecule has 0 heterocycles. The summed E-state index contributed by atoms with van der Waals surface area (Å²) in [6.45, 7) is 3.23. The molecule has 1 rings (SSSR count). The predicted octanol–water partition coefficient (Wildman–Crippen LogP) is 6.51. The van der Waals surface area contributed by atoms with Gasteiger partial charge in [-0.05, 0) is 31.4 Å². The van der Waals surface area contributed by atoms with Gasteiger partial charge in [-0.2, -0.15) is 0 Å². The van der Waals surface area contributed by atoms with E-state index in [-0.39, 0.29) is 25.2 Å². The molecule has 0 aromatic heterocycles. The van der Waals surface area contributed by atoms with Crippen LogP contribution in [0.15, 0.2) is 24.3 Å². The van der Waals surface area contributed by atoms with Crippen LogP contribution < -0.4 is 4.74 Å². The highest BCUT2D eigenvalue weighted by Gasteiger charge is 2.05. The molecule has 1 aromatic rings. The summed E-state index contributed by atoms with van der Waals surface area (Å²) in [5.41, 5.74) is 0. The number of benzene rings is 1. The van der Waals surface area contributed by atoms with E-state index >= 15 is 0 Å². The van der Waals surface area contributed by atoms with E-state index in [1.165, 1.54) is 12.8 Å². The van der Waals surface area contributed by atoms with Crippen molar-refractivity contribution in [2.45, 2.75) is 84.0 Å². The number of hydrogen-bond acceptors (Lipinski definition) is 5. The van der Waals surface area contributed by atoms with Crippen molar-refractivity contribution in [1.29, 1.82) is 0 Å². The minimum absolute atomic E-state index is 0.0761. The maximum Gasteiger partial charge on any atom is 0.305 e. The lowest BCUT2D eigenvalue weighted by atomic mass is 10.1. The van der Waals surface area contributed by atoms with E-state index in [2.05, 4.69) is 6.92 Å². The van der Waals surface area contributed by atoms with Crippen LogP contribution in [0.2, 0.25) is 5.02 Å². The highest BCUT2D eigenvalue weighted by molar-refractivity contribution is 6.32. The molecule has 0 N–H and O–H groups in total. The van der Waals surface area contributed by atoms with Crippen LogP contribution in [0.3, 0.4) is 0 Å². The molecule has 170 valence electrons. The normalized spacial score (nSPS) is 10.6. The third-order valence-corrected chi connectivity index (χ3v) is 5.03. The topological polar surface area (TPSA) is 61.8 Å². The molecule has 5 nitrogen and oxygen atoms in total. The molecule has 0 spiro atoms. The van der Waals surface area contributed by atoms with E-state index in [0.29, 0.717) is 30.2 Å². The second kappa shape index (κ2) is 18.1. The summed E-state index contributed by atoms with van der Waals surface area (Å²) in [5, 5.41) is 0.545. The van der Waals surface area contributed by atoms with Gasteiger partial charge in [0.1, 0.15) is 19.0 Å². The maximum absolute atomic E-state index is 11.7. The van der Waals surface area contributed by atoms with Crippen molar-refractivity contribution in [2.75, 3.05) is 19.8 Å². The second-order valence-corrected chi connectivity index (χ2v) is 7.81. The van der Waals surface area contributed by atoms with Crippen molar-refractivity contribution in [2.24, 2.45) is 0 Å². The Bertz CT molecular complexity index is 591. The predicted molar refractivity (Wildman–Crippen MR) is 120 cm³/mol. The van der Waals surface area contributed by atoms with Crippen LogP contribution in [0.25, 0.3) is 0 Å². The fourth-order valence-corrected chi connectivity index (χ4v) is 3.16. The molecule has 0 aliphatic heterocycles. The molecule has 30 heavy (non-hydrogen) atoms. The molecule has 6 heteroatoms. The molecular formula is C24H37ClO5. The van der Waals surface area contributed by atoms with Gasteiger partial charge in [0.05, 0.1) is 11.6 Å². The minimum Gasteiger partial charge on any atom is -0.488 e. The lowest BCUT2D eigenvalue weighted by molar-refractivity contribution is -0.145. The van der Waals surface area contributed by atoms with Gasteiger partial charge in [0.2, 0.25) is 0 Å². The van der Waals surface area contributed by atoms with Crippen LogP contribution in [0, 0.1) is 0 Å². The van der Waals surface area contributed by atoms with E-state index in [1.54, 1.807) is 12.1 Å². The zero-order valence-electron chi connectivity index (χ0n) is 18.3. The number of esters is 2. The van der Waals surface area contributed by atoms with Crippen molar-refractivity contribution < 1.29 is 23.8 Å². The van der Waals surface area contributed by atoms with Gasteiger partial charge >= 0.3 is 11.9 Å². The molecule has 0 atom stereocenters. The number of unbranched alkanes of at least 4 members (excludes halogenated alkanes) is 8. The fourth-order valence-electron chi connectivity index (χ4n) is 2.97. The van der Waals surface area contributed by atoms with Gasteiger partial charge in [0.15, 0.2) is 0 Å². The first-order valence-corrected chi connectivity index (χ1v) is 11.7. The van der Waals surface area contributed by atoms with Crippen LogP contribution in [0.1, 0.15) is 84.0 Å². The lowest BCUT2D eigenvalue weighted by Gasteiger charge is -2.08. The quantitative estimate of drug-likeness (QED) is 0.192. The maximum atomic E-state index is 11.7. The van der Waals surface area contributed by atoms with Crippen LogP contribution in [-0.4, -0.2) is 31.8 Å². The summed E-state index contributed by atoms with van der Waals surface area (Å²) in [5.74, 6) is 0.322. The van der Waals surface area contributed by atoms with Crippen LogP contribution in [-0.2, 0) is 19.1 Å². The molecule has 1 aromatic carbocycles. The van der Waals surface area contributed by atoms with Crippen LogP contribution >= 0.6 is 11.6 Å². The Morgan fingerprint density at radius 1 is 0.733 bits per heavy atom. The Morgan fingerprint density at radius 2 is 1.30 bits per heavy atom. The average molecular weight is 441 g/mol. The zero-order chi connectivity index (χ0) is 21.9. The number of rotatable bonds is 18. The van der Waals surface area contributed by atoms with Crippen molar-refractivity contribution in [1.82, 2.24) is 0 Å². The minimum atomic E-state index is -0.195. The van der Waals surface area contributed by atoms with E-state index in [1.807, 2.05) is 12.1 Å². The van der Waals surface area contributed by atoms with Crippen LogP contribution in [0.5, 0.6) is 5.75 Å². The molecular weight excluding hydrogens is 404 g/mol. The van der Waals surface area contributed by atoms with Crippen molar-refractivity contribution in [3.05, 3.63) is 29.3 Å². The summed E-state index contributed by atoms with van der Waals surface area (Å²) < 4.78 is 15.9. The third kappa shape index (κ3) is 14.3. The van der Waals surface area contributed by atoms with Gasteiger partial charge < -0.3 is 14.2 Å². The smallest absolute Gasteiger partial charge is 0.305 e. The summed E-state index contributed by atoms with van der Waals surface area (Å²) in [6, 6.07) is 7.21. The fraction of sp³-hybridized carbons (Fsp3) is 0.667. The first-order chi connectivity index (χ1) is 14.6. The van der Waals surface area contributed by atoms with E-state index in [9.17, 15) is 9.59 Å². The number of halogens is 1. The Kier molecular flexibility index (Phi) is 15.8. The Morgan fingerprint density at radius 3 is 1.93 bits per heavy atom. The van der Waals surface area contributed by atoms with Gasteiger partial charge in [-0.25, -0.2) is 0 Å². The van der Waals surface area contributed by atoms with E-state index in [0.717, 1.165) is 51.4 Å². The second-order valence-electron chi connectivity index (χ2n) is 7.40.